The summed E-state index contributed by atoms with van der Waals surface area (Å²) in [6.45, 7) is 0. The second-order valence-corrected chi connectivity index (χ2v) is 11.4. The van der Waals surface area contributed by atoms with Crippen molar-refractivity contribution in [2.24, 2.45) is 0 Å². The topological polar surface area (TPSA) is 120 Å². The summed E-state index contributed by atoms with van der Waals surface area (Å²) in [5.41, 5.74) is 1.42. The number of rotatable bonds is 4. The first-order chi connectivity index (χ1) is 22.4. The standard InChI is InChI=1S/2C17H15NO4.CH2Cl2/c2*1-18(2)13-5-4-10-6-12-8-14(16(19)21-3)17(20)22-15(12)9-11(10)7-13;2-1-3/h2*4-9H,1-3H3;1H2. The lowest BCUT2D eigenvalue weighted by Crippen LogP contribution is -2.14. The summed E-state index contributed by atoms with van der Waals surface area (Å²) in [4.78, 5) is 50.9. The number of hydrogen-bond donors (Lipinski definition) is 0. The summed E-state index contributed by atoms with van der Waals surface area (Å²) >= 11 is 9.53. The number of methoxy groups -OCH3 is 2. The fourth-order valence-corrected chi connectivity index (χ4v) is 4.77. The quantitative estimate of drug-likeness (QED) is 0.0833. The van der Waals surface area contributed by atoms with Crippen LogP contribution in [0.25, 0.3) is 43.5 Å². The zero-order valence-electron chi connectivity index (χ0n) is 26.6. The summed E-state index contributed by atoms with van der Waals surface area (Å²) in [6.07, 6.45) is 0. The van der Waals surface area contributed by atoms with Crippen molar-refractivity contribution in [1.82, 2.24) is 0 Å². The van der Waals surface area contributed by atoms with Gasteiger partial charge in [-0.05, 0) is 82.2 Å². The molecular weight excluding hydrogens is 647 g/mol. The fraction of sp³-hybridized carbons (Fsp3) is 0.200. The van der Waals surface area contributed by atoms with Gasteiger partial charge >= 0.3 is 23.2 Å². The van der Waals surface area contributed by atoms with E-state index in [0.29, 0.717) is 21.9 Å². The Kier molecular flexibility index (Phi) is 11.1. The molecule has 0 bridgehead atoms. The third-order valence-corrected chi connectivity index (χ3v) is 7.19. The third-order valence-electron chi connectivity index (χ3n) is 7.19. The molecule has 0 aliphatic heterocycles. The number of nitrogens with zero attached hydrogens (tertiary/aromatic N) is 2. The maximum atomic E-state index is 11.9. The van der Waals surface area contributed by atoms with Crippen molar-refractivity contribution in [1.29, 1.82) is 0 Å². The molecule has 47 heavy (non-hydrogen) atoms. The predicted molar refractivity (Wildman–Crippen MR) is 188 cm³/mol. The molecule has 0 aliphatic carbocycles. The molecule has 2 heterocycles. The molecule has 0 saturated heterocycles. The van der Waals surface area contributed by atoms with E-state index in [1.165, 1.54) is 26.4 Å². The van der Waals surface area contributed by atoms with Gasteiger partial charge in [-0.1, -0.05) is 12.1 Å². The molecule has 0 spiro atoms. The molecule has 0 unspecified atom stereocenters. The molecule has 4 aromatic carbocycles. The first-order valence-corrected chi connectivity index (χ1v) is 15.1. The van der Waals surface area contributed by atoms with Gasteiger partial charge in [0, 0.05) is 50.3 Å². The molecule has 0 N–H and O–H groups in total. The largest absolute Gasteiger partial charge is 0.465 e. The van der Waals surface area contributed by atoms with Crippen molar-refractivity contribution >= 4 is 90.0 Å². The molecule has 0 saturated carbocycles. The number of ether oxygens (including phenoxy) is 2. The highest BCUT2D eigenvalue weighted by Gasteiger charge is 2.16. The highest BCUT2D eigenvalue weighted by Crippen LogP contribution is 2.27. The van der Waals surface area contributed by atoms with E-state index in [1.807, 2.05) is 86.5 Å². The summed E-state index contributed by atoms with van der Waals surface area (Å²) in [5.74, 6) is -1.39. The molecule has 0 atom stereocenters. The van der Waals surface area contributed by atoms with Crippen molar-refractivity contribution in [2.75, 3.05) is 57.5 Å². The van der Waals surface area contributed by atoms with E-state index in [-0.39, 0.29) is 16.5 Å². The molecule has 244 valence electrons. The second-order valence-electron chi connectivity index (χ2n) is 10.6. The van der Waals surface area contributed by atoms with Crippen molar-refractivity contribution in [3.8, 4) is 0 Å². The van der Waals surface area contributed by atoms with Crippen molar-refractivity contribution < 1.29 is 27.9 Å². The van der Waals surface area contributed by atoms with Gasteiger partial charge in [-0.2, -0.15) is 0 Å². The molecule has 6 rings (SSSR count). The van der Waals surface area contributed by atoms with Crippen LogP contribution in [0.2, 0.25) is 0 Å². The monoisotopic (exact) mass is 678 g/mol. The molecule has 2 aromatic heterocycles. The Morgan fingerprint density at radius 2 is 0.936 bits per heavy atom. The van der Waals surface area contributed by atoms with Crippen molar-refractivity contribution in [2.45, 2.75) is 0 Å². The highest BCUT2D eigenvalue weighted by atomic mass is 35.5. The van der Waals surface area contributed by atoms with Crippen LogP contribution in [0.15, 0.2) is 91.2 Å². The Morgan fingerprint density at radius 3 is 1.26 bits per heavy atom. The van der Waals surface area contributed by atoms with Crippen LogP contribution in [-0.2, 0) is 9.47 Å². The zero-order chi connectivity index (χ0) is 34.4. The Balaban J connectivity index is 0.000000197. The van der Waals surface area contributed by atoms with Gasteiger partial charge in [0.15, 0.2) is 0 Å². The van der Waals surface area contributed by atoms with Gasteiger partial charge in [0.2, 0.25) is 0 Å². The number of carbonyl (C=O) groups is 2. The minimum atomic E-state index is -0.696. The smallest absolute Gasteiger partial charge is 0.351 e. The van der Waals surface area contributed by atoms with Gasteiger partial charge in [0.25, 0.3) is 0 Å². The fourth-order valence-electron chi connectivity index (χ4n) is 4.77. The van der Waals surface area contributed by atoms with E-state index < -0.39 is 23.2 Å². The predicted octanol–water partition coefficient (Wildman–Crippen LogP) is 7.02. The number of anilines is 2. The van der Waals surface area contributed by atoms with E-state index in [0.717, 1.165) is 32.9 Å². The van der Waals surface area contributed by atoms with E-state index in [9.17, 15) is 19.2 Å². The highest BCUT2D eigenvalue weighted by molar-refractivity contribution is 6.40. The molecule has 0 amide bonds. The van der Waals surface area contributed by atoms with E-state index in [4.69, 9.17) is 32.0 Å². The summed E-state index contributed by atoms with van der Waals surface area (Å²) in [5, 5.41) is 5.50. The molecule has 0 radical (unpaired) electrons. The van der Waals surface area contributed by atoms with Crippen LogP contribution in [0.4, 0.5) is 11.4 Å². The number of hydrogen-bond acceptors (Lipinski definition) is 10. The van der Waals surface area contributed by atoms with Crippen LogP contribution in [0, 0.1) is 0 Å². The number of esters is 2. The normalized spacial score (nSPS) is 10.6. The van der Waals surface area contributed by atoms with Gasteiger partial charge in [0.1, 0.15) is 22.3 Å². The molecule has 6 aromatic rings. The molecular formula is C35H32Cl2N2O8. The third kappa shape index (κ3) is 7.85. The van der Waals surface area contributed by atoms with Gasteiger partial charge < -0.3 is 28.1 Å². The summed E-state index contributed by atoms with van der Waals surface area (Å²) in [6, 6.07) is 22.4. The van der Waals surface area contributed by atoms with Gasteiger partial charge in [0.05, 0.1) is 19.6 Å². The van der Waals surface area contributed by atoms with E-state index in [1.54, 1.807) is 12.1 Å². The van der Waals surface area contributed by atoms with Crippen molar-refractivity contribution in [3.05, 3.63) is 105 Å². The molecule has 10 nitrogen and oxygen atoms in total. The lowest BCUT2D eigenvalue weighted by Gasteiger charge is -2.13. The number of halogens is 2. The molecule has 0 aliphatic rings. The van der Waals surface area contributed by atoms with Crippen LogP contribution in [0.3, 0.4) is 0 Å². The Hall–Kier alpha value is -5.06. The van der Waals surface area contributed by atoms with Crippen molar-refractivity contribution in [3.63, 3.8) is 0 Å². The SMILES string of the molecule is COC(=O)c1cc2cc3ccc(N(C)C)cc3cc2oc1=O.COC(=O)c1cc2cc3ccc(N(C)C)cc3cc2oc1=O.ClCCl. The average Bonchev–Trinajstić information content (AvgIpc) is 3.05. The van der Waals surface area contributed by atoms with Crippen LogP contribution >= 0.6 is 23.2 Å². The van der Waals surface area contributed by atoms with Gasteiger partial charge in [-0.3, -0.25) is 0 Å². The Labute approximate surface area is 279 Å². The maximum Gasteiger partial charge on any atom is 0.351 e. The van der Waals surface area contributed by atoms with Crippen LogP contribution in [0.5, 0.6) is 0 Å². The van der Waals surface area contributed by atoms with Gasteiger partial charge in [-0.15, -0.1) is 23.2 Å². The lowest BCUT2D eigenvalue weighted by molar-refractivity contribution is 0.0587. The molecule has 12 heteroatoms. The van der Waals surface area contributed by atoms with E-state index >= 15 is 0 Å². The Morgan fingerprint density at radius 1 is 0.574 bits per heavy atom. The minimum Gasteiger partial charge on any atom is -0.465 e. The van der Waals surface area contributed by atoms with Crippen LogP contribution in [-0.4, -0.2) is 59.7 Å². The number of carbonyl (C=O) groups excluding carboxylic acids is 2. The second kappa shape index (κ2) is 15.0. The van der Waals surface area contributed by atoms with Crippen LogP contribution in [0.1, 0.15) is 20.7 Å². The molecule has 0 fully saturated rings. The average molecular weight is 680 g/mol. The van der Waals surface area contributed by atoms with Crippen LogP contribution < -0.4 is 21.1 Å². The van der Waals surface area contributed by atoms with E-state index in [2.05, 4.69) is 9.47 Å². The number of benzene rings is 4. The zero-order valence-corrected chi connectivity index (χ0v) is 28.1. The first kappa shape index (κ1) is 34.8. The summed E-state index contributed by atoms with van der Waals surface area (Å²) < 4.78 is 19.7. The number of fused-ring (bicyclic) bond motifs is 4. The minimum absolute atomic E-state index is 0.0979. The van der Waals surface area contributed by atoms with Gasteiger partial charge in [-0.25, -0.2) is 19.2 Å². The first-order valence-electron chi connectivity index (χ1n) is 14.1. The summed E-state index contributed by atoms with van der Waals surface area (Å²) in [7, 11) is 10.3. The maximum absolute atomic E-state index is 11.9. The number of alkyl halides is 2. The Bertz CT molecular complexity index is 2070. The lowest BCUT2D eigenvalue weighted by atomic mass is 10.1.